The number of hydrogen-bond acceptors (Lipinski definition) is 8. The molecule has 1 aromatic rings. The molecule has 5 atom stereocenters. The fourth-order valence-corrected chi connectivity index (χ4v) is 4.79. The van der Waals surface area contributed by atoms with Crippen LogP contribution in [-0.2, 0) is 38.0 Å². The summed E-state index contributed by atoms with van der Waals surface area (Å²) in [6, 6.07) is 6.47. The molecular formula is C19H26O8S. The minimum Gasteiger partial charge on any atom is -0.348 e. The summed E-state index contributed by atoms with van der Waals surface area (Å²) in [5.74, 6) is -1.69. The molecule has 0 aromatic heterocycles. The van der Waals surface area contributed by atoms with E-state index in [9.17, 15) is 8.42 Å². The third-order valence-electron chi connectivity index (χ3n) is 4.97. The van der Waals surface area contributed by atoms with Crippen molar-refractivity contribution in [3.63, 3.8) is 0 Å². The molecule has 3 aliphatic heterocycles. The van der Waals surface area contributed by atoms with Crippen molar-refractivity contribution in [2.75, 3.05) is 6.61 Å². The first-order valence-electron chi connectivity index (χ1n) is 9.29. The molecular weight excluding hydrogens is 388 g/mol. The average molecular weight is 414 g/mol. The lowest BCUT2D eigenvalue weighted by Gasteiger charge is -2.28. The van der Waals surface area contributed by atoms with Gasteiger partial charge in [0.05, 0.1) is 11.5 Å². The normalized spacial score (nSPS) is 36.5. The number of rotatable bonds is 4. The summed E-state index contributed by atoms with van der Waals surface area (Å²) in [5, 5.41) is 0. The van der Waals surface area contributed by atoms with Gasteiger partial charge in [-0.3, -0.25) is 4.18 Å². The second-order valence-corrected chi connectivity index (χ2v) is 9.84. The van der Waals surface area contributed by atoms with Crippen LogP contribution in [0.3, 0.4) is 0 Å². The van der Waals surface area contributed by atoms with Crippen molar-refractivity contribution >= 4 is 10.1 Å². The van der Waals surface area contributed by atoms with E-state index in [2.05, 4.69) is 0 Å². The molecule has 4 rings (SSSR count). The molecule has 156 valence electrons. The Morgan fingerprint density at radius 2 is 1.64 bits per heavy atom. The zero-order valence-corrected chi connectivity index (χ0v) is 17.4. The first-order valence-corrected chi connectivity index (χ1v) is 10.7. The van der Waals surface area contributed by atoms with Crippen molar-refractivity contribution in [1.82, 2.24) is 0 Å². The highest BCUT2D eigenvalue weighted by atomic mass is 32.2. The van der Waals surface area contributed by atoms with Crippen LogP contribution in [0.25, 0.3) is 0 Å². The smallest absolute Gasteiger partial charge is 0.297 e. The number of hydrogen-bond donors (Lipinski definition) is 0. The molecule has 1 aromatic carbocycles. The van der Waals surface area contributed by atoms with Crippen LogP contribution in [0.4, 0.5) is 0 Å². The van der Waals surface area contributed by atoms with Gasteiger partial charge in [0.15, 0.2) is 17.9 Å². The summed E-state index contributed by atoms with van der Waals surface area (Å²) in [5.41, 5.74) is 0.953. The van der Waals surface area contributed by atoms with Crippen LogP contribution in [0.2, 0.25) is 0 Å². The fraction of sp³-hybridized carbons (Fsp3) is 0.684. The third kappa shape index (κ3) is 3.85. The van der Waals surface area contributed by atoms with Gasteiger partial charge in [-0.05, 0) is 46.8 Å². The minimum absolute atomic E-state index is 0.0717. The van der Waals surface area contributed by atoms with Crippen LogP contribution in [0.1, 0.15) is 33.3 Å². The van der Waals surface area contributed by atoms with E-state index in [-0.39, 0.29) is 11.5 Å². The molecule has 0 spiro atoms. The molecule has 3 heterocycles. The van der Waals surface area contributed by atoms with E-state index in [1.807, 2.05) is 6.92 Å². The van der Waals surface area contributed by atoms with Gasteiger partial charge in [-0.2, -0.15) is 8.42 Å². The average Bonchev–Trinajstić information content (AvgIpc) is 3.18. The Balaban J connectivity index is 1.61. The Labute approximate surface area is 165 Å². The van der Waals surface area contributed by atoms with Crippen LogP contribution in [0.5, 0.6) is 0 Å². The Kier molecular flexibility index (Phi) is 4.86. The van der Waals surface area contributed by atoms with Crippen molar-refractivity contribution in [2.45, 2.75) is 81.8 Å². The van der Waals surface area contributed by atoms with Crippen molar-refractivity contribution in [3.05, 3.63) is 29.8 Å². The predicted octanol–water partition coefficient (Wildman–Crippen LogP) is 2.10. The Hall–Kier alpha value is -1.07. The molecule has 3 saturated heterocycles. The monoisotopic (exact) mass is 414 g/mol. The van der Waals surface area contributed by atoms with Gasteiger partial charge in [0.2, 0.25) is 0 Å². The van der Waals surface area contributed by atoms with Gasteiger partial charge < -0.3 is 23.7 Å². The predicted molar refractivity (Wildman–Crippen MR) is 96.8 cm³/mol. The summed E-state index contributed by atoms with van der Waals surface area (Å²) in [7, 11) is -4.04. The molecule has 0 bridgehead atoms. The molecule has 0 radical (unpaired) electrons. The maximum Gasteiger partial charge on any atom is 0.297 e. The van der Waals surface area contributed by atoms with Crippen LogP contribution >= 0.6 is 0 Å². The highest BCUT2D eigenvalue weighted by Crippen LogP contribution is 2.42. The largest absolute Gasteiger partial charge is 0.348 e. The summed E-state index contributed by atoms with van der Waals surface area (Å²) in [6.45, 7) is 9.20. The van der Waals surface area contributed by atoms with Gasteiger partial charge in [0, 0.05) is 0 Å². The summed E-state index contributed by atoms with van der Waals surface area (Å²) in [4.78, 5) is 0.0717. The Bertz CT molecular complexity index is 832. The van der Waals surface area contributed by atoms with E-state index < -0.39 is 52.4 Å². The number of fused-ring (bicyclic) bond motifs is 1. The summed E-state index contributed by atoms with van der Waals surface area (Å²) >= 11 is 0. The van der Waals surface area contributed by atoms with E-state index in [0.29, 0.717) is 0 Å². The molecule has 0 aliphatic carbocycles. The van der Waals surface area contributed by atoms with Crippen LogP contribution in [0.15, 0.2) is 29.2 Å². The zero-order valence-electron chi connectivity index (χ0n) is 16.6. The van der Waals surface area contributed by atoms with Gasteiger partial charge in [0.1, 0.15) is 24.4 Å². The molecule has 9 heteroatoms. The Morgan fingerprint density at radius 3 is 2.25 bits per heavy atom. The second-order valence-electron chi connectivity index (χ2n) is 8.26. The second kappa shape index (κ2) is 6.73. The molecule has 3 aliphatic rings. The summed E-state index contributed by atoms with van der Waals surface area (Å²) in [6.07, 6.45) is -3.60. The van der Waals surface area contributed by atoms with Crippen molar-refractivity contribution in [3.8, 4) is 0 Å². The number of benzene rings is 1. The first kappa shape index (κ1) is 20.2. The quantitative estimate of drug-likeness (QED) is 0.692. The van der Waals surface area contributed by atoms with E-state index in [1.54, 1.807) is 39.8 Å². The lowest BCUT2D eigenvalue weighted by molar-refractivity contribution is -0.230. The van der Waals surface area contributed by atoms with E-state index in [1.165, 1.54) is 12.1 Å². The molecule has 0 saturated carbocycles. The Morgan fingerprint density at radius 1 is 0.964 bits per heavy atom. The molecule has 28 heavy (non-hydrogen) atoms. The number of aryl methyl sites for hydroxylation is 1. The van der Waals surface area contributed by atoms with Gasteiger partial charge in [-0.1, -0.05) is 17.7 Å². The standard InChI is InChI=1S/C19H26O8S/c1-11-6-8-12(9-7-11)28(20,21)27-15-14(13-10-22-18(2,3)24-13)23-17-16(15)25-19(4,5)26-17/h6-9,13-17H,10H2,1-5H3/t13-,14-,15-,16-,17-/m1/s1. The maximum atomic E-state index is 12.9. The topological polar surface area (TPSA) is 89.5 Å². The number of ether oxygens (including phenoxy) is 5. The molecule has 8 nitrogen and oxygen atoms in total. The highest BCUT2D eigenvalue weighted by Gasteiger charge is 2.60. The van der Waals surface area contributed by atoms with E-state index in [0.717, 1.165) is 5.56 Å². The zero-order chi connectivity index (χ0) is 20.3. The first-order chi connectivity index (χ1) is 13.0. The van der Waals surface area contributed by atoms with Crippen LogP contribution in [-0.4, -0.2) is 57.3 Å². The third-order valence-corrected chi connectivity index (χ3v) is 6.30. The van der Waals surface area contributed by atoms with Gasteiger partial charge in [-0.25, -0.2) is 0 Å². The molecule has 0 amide bonds. The molecule has 0 unspecified atom stereocenters. The van der Waals surface area contributed by atoms with Gasteiger partial charge in [0.25, 0.3) is 10.1 Å². The minimum atomic E-state index is -4.04. The van der Waals surface area contributed by atoms with Crippen molar-refractivity contribution in [1.29, 1.82) is 0 Å². The lowest BCUT2D eigenvalue weighted by atomic mass is 10.1. The molecule has 3 fully saturated rings. The molecule has 0 N–H and O–H groups in total. The van der Waals surface area contributed by atoms with Crippen molar-refractivity contribution < 1.29 is 36.3 Å². The van der Waals surface area contributed by atoms with Crippen LogP contribution < -0.4 is 0 Å². The SMILES string of the molecule is Cc1ccc(S(=O)(=O)O[C@H]2[C@H]3OC(C)(C)O[C@H]3O[C@@H]2[C@H]2COC(C)(C)O2)cc1. The van der Waals surface area contributed by atoms with Crippen LogP contribution in [0, 0.1) is 6.92 Å². The maximum absolute atomic E-state index is 12.9. The van der Waals surface area contributed by atoms with Gasteiger partial charge in [-0.15, -0.1) is 0 Å². The van der Waals surface area contributed by atoms with E-state index >= 15 is 0 Å². The van der Waals surface area contributed by atoms with Crippen molar-refractivity contribution in [2.24, 2.45) is 0 Å². The fourth-order valence-electron chi connectivity index (χ4n) is 3.70. The highest BCUT2D eigenvalue weighted by molar-refractivity contribution is 7.86. The summed E-state index contributed by atoms with van der Waals surface area (Å²) < 4.78 is 60.5. The van der Waals surface area contributed by atoms with E-state index in [4.69, 9.17) is 27.9 Å². The lowest BCUT2D eigenvalue weighted by Crippen LogP contribution is -2.45. The van der Waals surface area contributed by atoms with Gasteiger partial charge >= 0.3 is 0 Å².